The largest absolute Gasteiger partial charge is 0.224 e. The molecule has 0 aromatic heterocycles. The van der Waals surface area contributed by atoms with Crippen molar-refractivity contribution in [3.8, 4) is 0 Å². The number of hydrogen-bond acceptors (Lipinski definition) is 3. The lowest BCUT2D eigenvalue weighted by atomic mass is 10.2. The SMILES string of the molecule is CS(=O)(=O)c1ccc(SCc2ccc(F)cc2Br)cc1. The number of thioether (sulfide) groups is 1. The summed E-state index contributed by atoms with van der Waals surface area (Å²) in [6.07, 6.45) is 1.19. The average Bonchev–Trinajstić information content (AvgIpc) is 2.37. The standard InChI is InChI=1S/C14H12BrFO2S2/c1-20(17,18)13-6-4-12(5-7-13)19-9-10-2-3-11(16)8-14(10)15/h2-8H,9H2,1H3. The fourth-order valence-electron chi connectivity index (χ4n) is 1.58. The molecule has 0 atom stereocenters. The molecule has 0 N–H and O–H groups in total. The van der Waals surface area contributed by atoms with Crippen LogP contribution < -0.4 is 0 Å². The Labute approximate surface area is 130 Å². The maximum absolute atomic E-state index is 13.0. The Morgan fingerprint density at radius 3 is 2.35 bits per heavy atom. The van der Waals surface area contributed by atoms with Gasteiger partial charge in [-0.2, -0.15) is 0 Å². The summed E-state index contributed by atoms with van der Waals surface area (Å²) in [5.41, 5.74) is 0.989. The van der Waals surface area contributed by atoms with E-state index in [1.54, 1.807) is 42.1 Å². The minimum atomic E-state index is -3.16. The molecule has 0 radical (unpaired) electrons. The van der Waals surface area contributed by atoms with Crippen LogP contribution in [0, 0.1) is 5.82 Å². The first-order valence-corrected chi connectivity index (χ1v) is 9.40. The molecule has 0 saturated carbocycles. The Hall–Kier alpha value is -0.850. The topological polar surface area (TPSA) is 34.1 Å². The third-order valence-electron chi connectivity index (χ3n) is 2.66. The normalized spacial score (nSPS) is 11.6. The highest BCUT2D eigenvalue weighted by Crippen LogP contribution is 2.28. The highest BCUT2D eigenvalue weighted by atomic mass is 79.9. The van der Waals surface area contributed by atoms with Crippen molar-refractivity contribution in [2.75, 3.05) is 6.26 Å². The molecule has 0 saturated heterocycles. The Kier molecular flexibility index (Phi) is 4.88. The second kappa shape index (κ2) is 6.28. The molecule has 0 spiro atoms. The first-order valence-electron chi connectivity index (χ1n) is 5.73. The first-order chi connectivity index (χ1) is 9.36. The van der Waals surface area contributed by atoms with Crippen LogP contribution in [0.5, 0.6) is 0 Å². The minimum absolute atomic E-state index is 0.275. The zero-order valence-corrected chi connectivity index (χ0v) is 13.9. The van der Waals surface area contributed by atoms with Gasteiger partial charge in [-0.25, -0.2) is 12.8 Å². The van der Waals surface area contributed by atoms with Gasteiger partial charge in [-0.3, -0.25) is 0 Å². The molecule has 20 heavy (non-hydrogen) atoms. The maximum Gasteiger partial charge on any atom is 0.175 e. The van der Waals surface area contributed by atoms with Gasteiger partial charge in [0.2, 0.25) is 0 Å². The predicted molar refractivity (Wildman–Crippen MR) is 83.2 cm³/mol. The summed E-state index contributed by atoms with van der Waals surface area (Å²) in [7, 11) is -3.16. The number of halogens is 2. The molecular formula is C14H12BrFO2S2. The molecule has 0 amide bonds. The van der Waals surface area contributed by atoms with Crippen molar-refractivity contribution in [2.45, 2.75) is 15.5 Å². The number of rotatable bonds is 4. The maximum atomic E-state index is 13.0. The van der Waals surface area contributed by atoms with Crippen LogP contribution >= 0.6 is 27.7 Å². The van der Waals surface area contributed by atoms with Gasteiger partial charge in [0.15, 0.2) is 9.84 Å². The second-order valence-electron chi connectivity index (χ2n) is 4.27. The lowest BCUT2D eigenvalue weighted by molar-refractivity contribution is 0.602. The zero-order chi connectivity index (χ0) is 14.8. The van der Waals surface area contributed by atoms with E-state index in [2.05, 4.69) is 15.9 Å². The summed E-state index contributed by atoms with van der Waals surface area (Å²) in [6.45, 7) is 0. The third kappa shape index (κ3) is 4.07. The van der Waals surface area contributed by atoms with Crippen molar-refractivity contribution in [3.05, 3.63) is 58.3 Å². The van der Waals surface area contributed by atoms with Crippen molar-refractivity contribution >= 4 is 37.5 Å². The highest BCUT2D eigenvalue weighted by Gasteiger charge is 2.07. The van der Waals surface area contributed by atoms with E-state index in [1.807, 2.05) is 0 Å². The zero-order valence-electron chi connectivity index (χ0n) is 10.6. The highest BCUT2D eigenvalue weighted by molar-refractivity contribution is 9.10. The summed E-state index contributed by atoms with van der Waals surface area (Å²) in [5.74, 6) is 0.405. The average molecular weight is 375 g/mol. The van der Waals surface area contributed by atoms with E-state index in [4.69, 9.17) is 0 Å². The van der Waals surface area contributed by atoms with E-state index in [0.29, 0.717) is 10.6 Å². The van der Waals surface area contributed by atoms with Gasteiger partial charge in [-0.15, -0.1) is 11.8 Å². The smallest absolute Gasteiger partial charge is 0.175 e. The molecule has 0 aliphatic rings. The predicted octanol–water partition coefficient (Wildman–Crippen LogP) is 4.28. The van der Waals surface area contributed by atoms with E-state index >= 15 is 0 Å². The molecule has 0 heterocycles. The van der Waals surface area contributed by atoms with Gasteiger partial charge in [0.25, 0.3) is 0 Å². The summed E-state index contributed by atoms with van der Waals surface area (Å²) >= 11 is 4.89. The molecule has 2 aromatic rings. The monoisotopic (exact) mass is 374 g/mol. The van der Waals surface area contributed by atoms with Crippen LogP contribution in [0.4, 0.5) is 4.39 Å². The quantitative estimate of drug-likeness (QED) is 0.748. The van der Waals surface area contributed by atoms with Gasteiger partial charge < -0.3 is 0 Å². The van der Waals surface area contributed by atoms with Crippen LogP contribution in [-0.4, -0.2) is 14.7 Å². The number of sulfone groups is 1. The molecule has 106 valence electrons. The molecule has 0 unspecified atom stereocenters. The fraction of sp³-hybridized carbons (Fsp3) is 0.143. The van der Waals surface area contributed by atoms with Gasteiger partial charge in [0.05, 0.1) is 4.90 Å². The van der Waals surface area contributed by atoms with E-state index in [-0.39, 0.29) is 5.82 Å². The van der Waals surface area contributed by atoms with Crippen molar-refractivity contribution < 1.29 is 12.8 Å². The van der Waals surface area contributed by atoms with Gasteiger partial charge >= 0.3 is 0 Å². The fourth-order valence-corrected chi connectivity index (χ4v) is 3.79. The molecule has 0 aliphatic heterocycles. The molecule has 2 aromatic carbocycles. The Morgan fingerprint density at radius 1 is 1.15 bits per heavy atom. The van der Waals surface area contributed by atoms with Crippen molar-refractivity contribution in [1.82, 2.24) is 0 Å². The number of benzene rings is 2. The molecule has 2 rings (SSSR count). The van der Waals surface area contributed by atoms with E-state index in [0.717, 1.165) is 14.9 Å². The third-order valence-corrected chi connectivity index (χ3v) is 5.59. The van der Waals surface area contributed by atoms with Crippen molar-refractivity contribution in [2.24, 2.45) is 0 Å². The Morgan fingerprint density at radius 2 is 1.80 bits per heavy atom. The van der Waals surface area contributed by atoms with Gasteiger partial charge in [-0.05, 0) is 42.0 Å². The van der Waals surface area contributed by atoms with Crippen LogP contribution in [0.15, 0.2) is 56.7 Å². The number of hydrogen-bond donors (Lipinski definition) is 0. The van der Waals surface area contributed by atoms with Gasteiger partial charge in [0, 0.05) is 21.4 Å². The van der Waals surface area contributed by atoms with E-state index < -0.39 is 9.84 Å². The van der Waals surface area contributed by atoms with E-state index in [1.165, 1.54) is 18.4 Å². The molecule has 0 bridgehead atoms. The van der Waals surface area contributed by atoms with Crippen LogP contribution in [0.25, 0.3) is 0 Å². The van der Waals surface area contributed by atoms with Crippen LogP contribution in [-0.2, 0) is 15.6 Å². The lowest BCUT2D eigenvalue weighted by Crippen LogP contribution is -1.96. The summed E-state index contributed by atoms with van der Waals surface area (Å²) in [6, 6.07) is 11.3. The summed E-state index contributed by atoms with van der Waals surface area (Å²) in [4.78, 5) is 1.28. The van der Waals surface area contributed by atoms with Crippen LogP contribution in [0.2, 0.25) is 0 Å². The van der Waals surface area contributed by atoms with E-state index in [9.17, 15) is 12.8 Å². The van der Waals surface area contributed by atoms with Crippen LogP contribution in [0.1, 0.15) is 5.56 Å². The van der Waals surface area contributed by atoms with Crippen molar-refractivity contribution in [1.29, 1.82) is 0 Å². The Bertz CT molecular complexity index is 712. The Balaban J connectivity index is 2.08. The van der Waals surface area contributed by atoms with Gasteiger partial charge in [0.1, 0.15) is 5.82 Å². The second-order valence-corrected chi connectivity index (χ2v) is 8.19. The summed E-state index contributed by atoms with van der Waals surface area (Å²) in [5, 5.41) is 0. The molecule has 0 fully saturated rings. The first kappa shape index (κ1) is 15.5. The molecular weight excluding hydrogens is 363 g/mol. The van der Waals surface area contributed by atoms with Crippen molar-refractivity contribution in [3.63, 3.8) is 0 Å². The van der Waals surface area contributed by atoms with Gasteiger partial charge in [-0.1, -0.05) is 22.0 Å². The molecule has 0 aliphatic carbocycles. The van der Waals surface area contributed by atoms with Crippen LogP contribution in [0.3, 0.4) is 0 Å². The minimum Gasteiger partial charge on any atom is -0.224 e. The molecule has 2 nitrogen and oxygen atoms in total. The summed E-state index contributed by atoms with van der Waals surface area (Å²) < 4.78 is 36.4. The molecule has 6 heteroatoms. The lowest BCUT2D eigenvalue weighted by Gasteiger charge is -2.05.